The molecule has 7 heteroatoms. The zero-order chi connectivity index (χ0) is 8.97. The SMILES string of the molecule is CO/N=C(\[C-]=O)c1csc(N)n1.[Y]. The van der Waals surface area contributed by atoms with Crippen LogP contribution in [0.25, 0.3) is 0 Å². The molecule has 0 aliphatic heterocycles. The van der Waals surface area contributed by atoms with E-state index in [1.165, 1.54) is 18.4 Å². The molecule has 1 rings (SSSR count). The molecule has 0 amide bonds. The standard InChI is InChI=1S/C6H6N3O2S.Y/c1-11-9-4(2-10)5-3-12-6(7)8-5;/h3H,1H3,(H2,7,8);/q-1;/b9-4+;. The molecule has 1 aromatic rings. The molecule has 0 saturated heterocycles. The number of nitrogen functional groups attached to an aromatic ring is 1. The molecule has 1 heterocycles. The van der Waals surface area contributed by atoms with Crippen molar-refractivity contribution in [1.29, 1.82) is 0 Å². The van der Waals surface area contributed by atoms with Crippen LogP contribution in [0.2, 0.25) is 0 Å². The van der Waals surface area contributed by atoms with Crippen LogP contribution < -0.4 is 5.73 Å². The first-order valence-corrected chi connectivity index (χ1v) is 3.86. The van der Waals surface area contributed by atoms with E-state index < -0.39 is 0 Å². The van der Waals surface area contributed by atoms with Gasteiger partial charge in [0.15, 0.2) is 5.13 Å². The van der Waals surface area contributed by atoms with Gasteiger partial charge in [-0.3, -0.25) is 0 Å². The van der Waals surface area contributed by atoms with Crippen LogP contribution in [0, 0.1) is 0 Å². The van der Waals surface area contributed by atoms with Crippen LogP contribution in [0.1, 0.15) is 5.69 Å². The van der Waals surface area contributed by atoms with E-state index in [0.717, 1.165) is 0 Å². The van der Waals surface area contributed by atoms with Crippen molar-refractivity contribution in [3.63, 3.8) is 0 Å². The average Bonchev–Trinajstić information content (AvgIpc) is 2.47. The minimum absolute atomic E-state index is 0. The van der Waals surface area contributed by atoms with Crippen molar-refractivity contribution >= 4 is 28.5 Å². The van der Waals surface area contributed by atoms with Gasteiger partial charge in [0.2, 0.25) is 0 Å². The molecule has 1 radical (unpaired) electrons. The van der Waals surface area contributed by atoms with E-state index in [-0.39, 0.29) is 38.4 Å². The number of oxime groups is 1. The Labute approximate surface area is 104 Å². The van der Waals surface area contributed by atoms with Crippen molar-refractivity contribution in [3.05, 3.63) is 11.1 Å². The first kappa shape index (κ1) is 12.7. The normalized spacial score (nSPS) is 10.4. The van der Waals surface area contributed by atoms with E-state index in [0.29, 0.717) is 10.8 Å². The second-order valence-corrected chi connectivity index (χ2v) is 2.69. The van der Waals surface area contributed by atoms with Crippen molar-refractivity contribution in [3.8, 4) is 0 Å². The maximum Gasteiger partial charge on any atom is 0.160 e. The summed E-state index contributed by atoms with van der Waals surface area (Å²) in [6.45, 7) is 0. The summed E-state index contributed by atoms with van der Waals surface area (Å²) in [4.78, 5) is 18.5. The molecule has 2 N–H and O–H groups in total. The Morgan fingerprint density at radius 1 is 1.85 bits per heavy atom. The number of hydrogen-bond donors (Lipinski definition) is 1. The smallest absolute Gasteiger partial charge is 0.160 e. The number of hydrogen-bond acceptors (Lipinski definition) is 6. The molecule has 0 fully saturated rings. The second kappa shape index (κ2) is 6.18. The van der Waals surface area contributed by atoms with E-state index in [9.17, 15) is 4.79 Å². The molecular weight excluding hydrogens is 267 g/mol. The Morgan fingerprint density at radius 2 is 2.54 bits per heavy atom. The molecular formula is C6H6N3O2SY-. The molecule has 67 valence electrons. The maximum atomic E-state index is 10.3. The number of nitrogens with zero attached hydrogens (tertiary/aromatic N) is 2. The molecule has 0 atom stereocenters. The van der Waals surface area contributed by atoms with Gasteiger partial charge < -0.3 is 20.3 Å². The minimum Gasteiger partial charge on any atom is -0.416 e. The minimum atomic E-state index is 0. The molecule has 0 aliphatic carbocycles. The summed E-state index contributed by atoms with van der Waals surface area (Å²) < 4.78 is 0. The Balaban J connectivity index is 0.00000144. The Kier molecular flexibility index (Phi) is 6.02. The Hall–Kier alpha value is -0.326. The van der Waals surface area contributed by atoms with Gasteiger partial charge in [-0.2, -0.15) is 0 Å². The van der Waals surface area contributed by atoms with Gasteiger partial charge in [0.05, 0.1) is 0 Å². The number of anilines is 1. The van der Waals surface area contributed by atoms with E-state index in [1.54, 1.807) is 11.7 Å². The largest absolute Gasteiger partial charge is 0.416 e. The van der Waals surface area contributed by atoms with Crippen molar-refractivity contribution in [2.24, 2.45) is 5.16 Å². The van der Waals surface area contributed by atoms with E-state index in [2.05, 4.69) is 15.0 Å². The third-order valence-electron chi connectivity index (χ3n) is 1.04. The predicted octanol–water partition coefficient (Wildman–Crippen LogP) is 0.183. The first-order chi connectivity index (χ1) is 5.77. The summed E-state index contributed by atoms with van der Waals surface area (Å²) in [5, 5.41) is 5.40. The molecule has 0 aliphatic rings. The average molecular weight is 273 g/mol. The van der Waals surface area contributed by atoms with Gasteiger partial charge in [-0.25, -0.2) is 0 Å². The van der Waals surface area contributed by atoms with Crippen molar-refractivity contribution in [1.82, 2.24) is 4.98 Å². The molecule has 0 saturated carbocycles. The summed E-state index contributed by atoms with van der Waals surface area (Å²) >= 11 is 1.23. The van der Waals surface area contributed by atoms with Crippen LogP contribution in [0.3, 0.4) is 0 Å². The van der Waals surface area contributed by atoms with Crippen LogP contribution in [0.5, 0.6) is 0 Å². The van der Waals surface area contributed by atoms with Crippen molar-refractivity contribution in [2.45, 2.75) is 0 Å². The molecule has 0 bridgehead atoms. The third-order valence-corrected chi connectivity index (χ3v) is 1.72. The molecule has 5 nitrogen and oxygen atoms in total. The Morgan fingerprint density at radius 3 is 2.92 bits per heavy atom. The van der Waals surface area contributed by atoms with E-state index in [1.807, 2.05) is 0 Å². The third kappa shape index (κ3) is 3.50. The summed E-state index contributed by atoms with van der Waals surface area (Å²) in [6, 6.07) is 0. The molecule has 0 unspecified atom stereocenters. The van der Waals surface area contributed by atoms with Crippen molar-refractivity contribution in [2.75, 3.05) is 12.8 Å². The summed E-state index contributed by atoms with van der Waals surface area (Å²) in [6.07, 6.45) is 1.60. The van der Waals surface area contributed by atoms with Gasteiger partial charge in [0.1, 0.15) is 7.11 Å². The molecule has 0 spiro atoms. The molecule has 1 aromatic heterocycles. The number of nitrogens with two attached hydrogens (primary N) is 1. The van der Waals surface area contributed by atoms with Crippen LogP contribution in [0.4, 0.5) is 5.13 Å². The van der Waals surface area contributed by atoms with Gasteiger partial charge in [-0.1, -0.05) is 5.38 Å². The number of thiazole rings is 1. The van der Waals surface area contributed by atoms with Crippen LogP contribution in [-0.4, -0.2) is 24.1 Å². The Bertz CT molecular complexity index is 313. The van der Waals surface area contributed by atoms with Crippen LogP contribution in [0.15, 0.2) is 10.5 Å². The maximum absolute atomic E-state index is 10.3. The van der Waals surface area contributed by atoms with Gasteiger partial charge >= 0.3 is 0 Å². The zero-order valence-corrected chi connectivity index (χ0v) is 10.5. The van der Waals surface area contributed by atoms with Gasteiger partial charge in [-0.05, 0) is 11.4 Å². The number of rotatable bonds is 3. The van der Waals surface area contributed by atoms with Gasteiger partial charge in [0, 0.05) is 39.0 Å². The summed E-state index contributed by atoms with van der Waals surface area (Å²) in [7, 11) is 1.34. The van der Waals surface area contributed by atoms with Gasteiger partial charge in [0.25, 0.3) is 0 Å². The van der Waals surface area contributed by atoms with E-state index in [4.69, 9.17) is 5.73 Å². The number of aromatic nitrogens is 1. The zero-order valence-electron chi connectivity index (χ0n) is 6.85. The van der Waals surface area contributed by atoms with E-state index >= 15 is 0 Å². The quantitative estimate of drug-likeness (QED) is 0.484. The molecule has 0 aromatic carbocycles. The monoisotopic (exact) mass is 273 g/mol. The summed E-state index contributed by atoms with van der Waals surface area (Å²) in [5.74, 6) is 0. The summed E-state index contributed by atoms with van der Waals surface area (Å²) in [5.41, 5.74) is 5.75. The first-order valence-electron chi connectivity index (χ1n) is 2.98. The number of carbonyl (C=O) groups excluding carboxylic acids is 1. The van der Waals surface area contributed by atoms with Crippen LogP contribution >= 0.6 is 11.3 Å². The van der Waals surface area contributed by atoms with Gasteiger partial charge in [-0.15, -0.1) is 16.5 Å². The molecule has 13 heavy (non-hydrogen) atoms. The fraction of sp³-hybridized carbons (Fsp3) is 0.167. The topological polar surface area (TPSA) is 77.6 Å². The fourth-order valence-electron chi connectivity index (χ4n) is 0.605. The fourth-order valence-corrected chi connectivity index (χ4v) is 1.15. The second-order valence-electron chi connectivity index (χ2n) is 1.80. The predicted molar refractivity (Wildman–Crippen MR) is 45.8 cm³/mol. The van der Waals surface area contributed by atoms with Crippen molar-refractivity contribution < 1.29 is 42.3 Å². The van der Waals surface area contributed by atoms with Crippen LogP contribution in [-0.2, 0) is 42.3 Å².